The summed E-state index contributed by atoms with van der Waals surface area (Å²) in [6.07, 6.45) is 2.48. The average molecular weight is 302 g/mol. The Balaban J connectivity index is 1.77. The maximum absolute atomic E-state index is 11.0. The van der Waals surface area contributed by atoms with Crippen molar-refractivity contribution in [3.05, 3.63) is 40.7 Å². The van der Waals surface area contributed by atoms with Gasteiger partial charge < -0.3 is 10.4 Å². The molecule has 1 aliphatic rings. The molecular formula is C17H22N2OS. The standard InChI is InChI=1S/C17H22N2OS/c1-2-14-11-18-9-8-17(14,20)10-16-19-15(12-21-16)13-6-4-3-5-7-13/h3-7,12,14,18,20H,2,8-11H2,1H3. The molecule has 2 atom stereocenters. The highest BCUT2D eigenvalue weighted by Crippen LogP contribution is 2.32. The lowest BCUT2D eigenvalue weighted by Crippen LogP contribution is -2.51. The van der Waals surface area contributed by atoms with E-state index < -0.39 is 5.60 Å². The van der Waals surface area contributed by atoms with E-state index in [9.17, 15) is 5.11 Å². The minimum atomic E-state index is -0.605. The molecule has 2 heterocycles. The highest BCUT2D eigenvalue weighted by atomic mass is 32.1. The van der Waals surface area contributed by atoms with Gasteiger partial charge in [0.25, 0.3) is 0 Å². The summed E-state index contributed by atoms with van der Waals surface area (Å²) >= 11 is 1.66. The minimum absolute atomic E-state index is 0.315. The van der Waals surface area contributed by atoms with E-state index >= 15 is 0 Å². The number of nitrogens with one attached hydrogen (secondary N) is 1. The van der Waals surface area contributed by atoms with Crippen molar-refractivity contribution in [2.75, 3.05) is 13.1 Å². The van der Waals surface area contributed by atoms with Crippen LogP contribution in [0.5, 0.6) is 0 Å². The molecule has 3 rings (SSSR count). The Kier molecular flexibility index (Phi) is 4.38. The molecule has 1 saturated heterocycles. The van der Waals surface area contributed by atoms with Crippen molar-refractivity contribution in [1.29, 1.82) is 0 Å². The Labute approximate surface area is 130 Å². The largest absolute Gasteiger partial charge is 0.389 e. The number of nitrogens with zero attached hydrogens (tertiary/aromatic N) is 1. The molecule has 112 valence electrons. The first-order valence-corrected chi connectivity index (χ1v) is 8.52. The normalized spacial score (nSPS) is 25.9. The molecule has 4 heteroatoms. The van der Waals surface area contributed by atoms with Crippen molar-refractivity contribution in [2.24, 2.45) is 5.92 Å². The Morgan fingerprint density at radius 1 is 1.38 bits per heavy atom. The van der Waals surface area contributed by atoms with Gasteiger partial charge in [0.1, 0.15) is 0 Å². The second-order valence-electron chi connectivity index (χ2n) is 5.83. The van der Waals surface area contributed by atoms with Gasteiger partial charge in [0.2, 0.25) is 0 Å². The molecule has 0 radical (unpaired) electrons. The fourth-order valence-electron chi connectivity index (χ4n) is 3.13. The van der Waals surface area contributed by atoms with Crippen molar-refractivity contribution < 1.29 is 5.11 Å². The SMILES string of the molecule is CCC1CNCCC1(O)Cc1nc(-c2ccccc2)cs1. The predicted octanol–water partition coefficient (Wildman–Crippen LogP) is 3.10. The van der Waals surface area contributed by atoms with Gasteiger partial charge in [-0.3, -0.25) is 0 Å². The van der Waals surface area contributed by atoms with Crippen LogP contribution in [0.15, 0.2) is 35.7 Å². The Bertz CT molecular complexity index is 583. The van der Waals surface area contributed by atoms with Gasteiger partial charge in [0.15, 0.2) is 0 Å². The molecule has 0 spiro atoms. The summed E-state index contributed by atoms with van der Waals surface area (Å²) in [4.78, 5) is 4.73. The van der Waals surface area contributed by atoms with Crippen molar-refractivity contribution in [1.82, 2.24) is 10.3 Å². The molecular weight excluding hydrogens is 280 g/mol. The quantitative estimate of drug-likeness (QED) is 0.912. The van der Waals surface area contributed by atoms with E-state index in [1.54, 1.807) is 11.3 Å². The maximum atomic E-state index is 11.0. The third kappa shape index (κ3) is 3.18. The van der Waals surface area contributed by atoms with Crippen molar-refractivity contribution >= 4 is 11.3 Å². The second-order valence-corrected chi connectivity index (χ2v) is 6.77. The summed E-state index contributed by atoms with van der Waals surface area (Å²) in [5.74, 6) is 0.315. The number of rotatable bonds is 4. The van der Waals surface area contributed by atoms with Crippen LogP contribution < -0.4 is 5.32 Å². The van der Waals surface area contributed by atoms with E-state index in [1.165, 1.54) is 0 Å². The van der Waals surface area contributed by atoms with E-state index in [2.05, 4.69) is 29.8 Å². The molecule has 2 unspecified atom stereocenters. The van der Waals surface area contributed by atoms with Crippen LogP contribution in [0.4, 0.5) is 0 Å². The van der Waals surface area contributed by atoms with Gasteiger partial charge in [0, 0.05) is 29.8 Å². The molecule has 2 N–H and O–H groups in total. The highest BCUT2D eigenvalue weighted by molar-refractivity contribution is 7.09. The molecule has 0 aliphatic carbocycles. The first kappa shape index (κ1) is 14.7. The van der Waals surface area contributed by atoms with Crippen molar-refractivity contribution in [2.45, 2.75) is 31.8 Å². The Hall–Kier alpha value is -1.23. The summed E-state index contributed by atoms with van der Waals surface area (Å²) in [5.41, 5.74) is 1.55. The van der Waals surface area contributed by atoms with E-state index in [-0.39, 0.29) is 0 Å². The van der Waals surface area contributed by atoms with E-state index in [1.807, 2.05) is 18.2 Å². The number of benzene rings is 1. The van der Waals surface area contributed by atoms with Crippen molar-refractivity contribution in [3.8, 4) is 11.3 Å². The third-order valence-electron chi connectivity index (χ3n) is 4.46. The lowest BCUT2D eigenvalue weighted by atomic mass is 9.78. The lowest BCUT2D eigenvalue weighted by molar-refractivity contribution is -0.0414. The Morgan fingerprint density at radius 2 is 2.19 bits per heavy atom. The number of hydrogen-bond acceptors (Lipinski definition) is 4. The zero-order valence-electron chi connectivity index (χ0n) is 12.4. The lowest BCUT2D eigenvalue weighted by Gasteiger charge is -2.39. The van der Waals surface area contributed by atoms with E-state index in [4.69, 9.17) is 4.98 Å². The molecule has 1 aliphatic heterocycles. The monoisotopic (exact) mass is 302 g/mol. The van der Waals surface area contributed by atoms with Gasteiger partial charge in [-0.05, 0) is 19.4 Å². The maximum Gasteiger partial charge on any atom is 0.0961 e. The Morgan fingerprint density at radius 3 is 2.95 bits per heavy atom. The summed E-state index contributed by atoms with van der Waals surface area (Å²) in [6, 6.07) is 10.2. The van der Waals surface area contributed by atoms with Crippen LogP contribution in [-0.2, 0) is 6.42 Å². The van der Waals surface area contributed by atoms with Crippen molar-refractivity contribution in [3.63, 3.8) is 0 Å². The van der Waals surface area contributed by atoms with E-state index in [0.29, 0.717) is 12.3 Å². The molecule has 1 aromatic carbocycles. The van der Waals surface area contributed by atoms with Crippen LogP contribution in [0, 0.1) is 5.92 Å². The number of aliphatic hydroxyl groups is 1. The fraction of sp³-hybridized carbons (Fsp3) is 0.471. The van der Waals surface area contributed by atoms with Crippen LogP contribution in [0.2, 0.25) is 0 Å². The molecule has 1 aromatic heterocycles. The first-order chi connectivity index (χ1) is 10.2. The van der Waals surface area contributed by atoms with Crippen LogP contribution in [0.1, 0.15) is 24.8 Å². The molecule has 3 nitrogen and oxygen atoms in total. The molecule has 2 aromatic rings. The number of hydrogen-bond donors (Lipinski definition) is 2. The highest BCUT2D eigenvalue weighted by Gasteiger charge is 2.38. The number of aromatic nitrogens is 1. The van der Waals surface area contributed by atoms with Crippen LogP contribution in [-0.4, -0.2) is 28.8 Å². The number of thiazole rings is 1. The molecule has 0 bridgehead atoms. The zero-order chi connectivity index (χ0) is 14.7. The summed E-state index contributed by atoms with van der Waals surface area (Å²) in [5, 5.41) is 17.5. The summed E-state index contributed by atoms with van der Waals surface area (Å²) < 4.78 is 0. The molecule has 0 saturated carbocycles. The summed E-state index contributed by atoms with van der Waals surface area (Å²) in [6.45, 7) is 3.95. The van der Waals surface area contributed by atoms with Crippen LogP contribution in [0.25, 0.3) is 11.3 Å². The topological polar surface area (TPSA) is 45.1 Å². The van der Waals surface area contributed by atoms with Gasteiger partial charge in [0.05, 0.1) is 16.3 Å². The van der Waals surface area contributed by atoms with Gasteiger partial charge >= 0.3 is 0 Å². The first-order valence-electron chi connectivity index (χ1n) is 7.64. The second kappa shape index (κ2) is 6.26. The molecule has 1 fully saturated rings. The van der Waals surface area contributed by atoms with Crippen LogP contribution >= 0.6 is 11.3 Å². The van der Waals surface area contributed by atoms with Crippen LogP contribution in [0.3, 0.4) is 0 Å². The van der Waals surface area contributed by atoms with Gasteiger partial charge in [-0.1, -0.05) is 37.3 Å². The molecule has 0 amide bonds. The molecule has 21 heavy (non-hydrogen) atoms. The minimum Gasteiger partial charge on any atom is -0.389 e. The smallest absolute Gasteiger partial charge is 0.0961 e. The van der Waals surface area contributed by atoms with E-state index in [0.717, 1.165) is 42.2 Å². The fourth-order valence-corrected chi connectivity index (χ4v) is 4.05. The average Bonchev–Trinajstić information content (AvgIpc) is 2.96. The third-order valence-corrected chi connectivity index (χ3v) is 5.31. The number of piperidine rings is 1. The van der Waals surface area contributed by atoms with Gasteiger partial charge in [-0.2, -0.15) is 0 Å². The van der Waals surface area contributed by atoms with Gasteiger partial charge in [-0.15, -0.1) is 11.3 Å². The predicted molar refractivity (Wildman–Crippen MR) is 87.5 cm³/mol. The summed E-state index contributed by atoms with van der Waals surface area (Å²) in [7, 11) is 0. The zero-order valence-corrected chi connectivity index (χ0v) is 13.2. The van der Waals surface area contributed by atoms with Gasteiger partial charge in [-0.25, -0.2) is 4.98 Å².